The number of rotatable bonds is 5. The van der Waals surface area contributed by atoms with Crippen molar-refractivity contribution in [2.45, 2.75) is 19.8 Å². The summed E-state index contributed by atoms with van der Waals surface area (Å²) < 4.78 is 1.01. The minimum Gasteiger partial charge on any atom is -0.369 e. The molecule has 0 N–H and O–H groups in total. The highest BCUT2D eigenvalue weighted by Gasteiger charge is 2.09. The van der Waals surface area contributed by atoms with Crippen LogP contribution in [0.25, 0.3) is 0 Å². The summed E-state index contributed by atoms with van der Waals surface area (Å²) in [7, 11) is 0. The summed E-state index contributed by atoms with van der Waals surface area (Å²) in [6, 6.07) is 10.4. The second kappa shape index (κ2) is 6.93. The molecule has 0 atom stereocenters. The van der Waals surface area contributed by atoms with Crippen molar-refractivity contribution in [3.05, 3.63) is 28.2 Å². The molecular formula is C13H14BrN3. The largest absolute Gasteiger partial charge is 0.369 e. The zero-order valence-electron chi connectivity index (χ0n) is 9.78. The number of halogens is 1. The van der Waals surface area contributed by atoms with Gasteiger partial charge in [-0.1, -0.05) is 6.07 Å². The molecule has 0 aromatic heterocycles. The van der Waals surface area contributed by atoms with E-state index in [2.05, 4.69) is 33.0 Å². The van der Waals surface area contributed by atoms with Crippen LogP contribution in [0.5, 0.6) is 0 Å². The van der Waals surface area contributed by atoms with Crippen LogP contribution < -0.4 is 4.90 Å². The van der Waals surface area contributed by atoms with Crippen molar-refractivity contribution >= 4 is 21.6 Å². The summed E-state index contributed by atoms with van der Waals surface area (Å²) in [6.07, 6.45) is 0.928. The number of hydrogen-bond acceptors (Lipinski definition) is 3. The van der Waals surface area contributed by atoms with Crippen LogP contribution in [0.3, 0.4) is 0 Å². The van der Waals surface area contributed by atoms with Gasteiger partial charge in [0.2, 0.25) is 0 Å². The lowest BCUT2D eigenvalue weighted by Gasteiger charge is -2.24. The molecule has 4 heteroatoms. The highest BCUT2D eigenvalue weighted by Crippen LogP contribution is 2.27. The summed E-state index contributed by atoms with van der Waals surface area (Å²) in [5.41, 5.74) is 2.22. The van der Waals surface area contributed by atoms with Gasteiger partial charge in [0, 0.05) is 17.6 Å². The highest BCUT2D eigenvalue weighted by atomic mass is 79.9. The van der Waals surface area contributed by atoms with Crippen LogP contribution in [-0.2, 0) is 0 Å². The molecule has 0 aliphatic carbocycles. The molecule has 17 heavy (non-hydrogen) atoms. The second-order valence-electron chi connectivity index (χ2n) is 3.76. The molecule has 1 aromatic rings. The fourth-order valence-corrected chi connectivity index (χ4v) is 2.34. The van der Waals surface area contributed by atoms with Crippen LogP contribution in [0.2, 0.25) is 0 Å². The Kier molecular flexibility index (Phi) is 5.52. The van der Waals surface area contributed by atoms with Crippen molar-refractivity contribution in [3.63, 3.8) is 0 Å². The number of hydrogen-bond donors (Lipinski definition) is 0. The summed E-state index contributed by atoms with van der Waals surface area (Å²) in [6.45, 7) is 3.34. The first-order valence-corrected chi connectivity index (χ1v) is 6.23. The fourth-order valence-electron chi connectivity index (χ4n) is 1.59. The molecule has 1 aromatic carbocycles. The molecule has 0 aliphatic rings. The Morgan fingerprint density at radius 2 is 1.76 bits per heavy atom. The maximum absolute atomic E-state index is 8.65. The van der Waals surface area contributed by atoms with Gasteiger partial charge in [-0.3, -0.25) is 0 Å². The first-order chi connectivity index (χ1) is 8.19. The predicted molar refractivity (Wildman–Crippen MR) is 71.6 cm³/mol. The van der Waals surface area contributed by atoms with E-state index in [4.69, 9.17) is 10.5 Å². The maximum Gasteiger partial charge on any atom is 0.0640 e. The van der Waals surface area contributed by atoms with Crippen molar-refractivity contribution in [3.8, 4) is 12.1 Å². The number of anilines is 1. The minimum atomic E-state index is 0.464. The van der Waals surface area contributed by atoms with Crippen molar-refractivity contribution in [2.24, 2.45) is 0 Å². The third kappa shape index (κ3) is 4.09. The first kappa shape index (κ1) is 13.5. The Bertz CT molecular complexity index is 439. The summed E-state index contributed by atoms with van der Waals surface area (Å²) >= 11 is 3.52. The molecule has 0 radical (unpaired) electrons. The Morgan fingerprint density at radius 1 is 1.18 bits per heavy atom. The highest BCUT2D eigenvalue weighted by molar-refractivity contribution is 9.10. The van der Waals surface area contributed by atoms with E-state index in [0.29, 0.717) is 25.9 Å². The van der Waals surface area contributed by atoms with Gasteiger partial charge in [-0.05, 0) is 40.5 Å². The molecule has 0 fully saturated rings. The lowest BCUT2D eigenvalue weighted by atomic mass is 10.2. The maximum atomic E-state index is 8.65. The summed E-state index contributed by atoms with van der Waals surface area (Å²) in [5, 5.41) is 17.3. The monoisotopic (exact) mass is 291 g/mol. The molecule has 0 saturated carbocycles. The van der Waals surface area contributed by atoms with E-state index >= 15 is 0 Å². The van der Waals surface area contributed by atoms with Gasteiger partial charge in [0.15, 0.2) is 0 Å². The number of benzene rings is 1. The van der Waals surface area contributed by atoms with Crippen molar-refractivity contribution in [2.75, 3.05) is 18.0 Å². The van der Waals surface area contributed by atoms with Gasteiger partial charge in [-0.15, -0.1) is 0 Å². The smallest absolute Gasteiger partial charge is 0.0640 e. The number of aryl methyl sites for hydroxylation is 1. The van der Waals surface area contributed by atoms with E-state index in [1.807, 2.05) is 25.1 Å². The molecule has 0 aliphatic heterocycles. The summed E-state index contributed by atoms with van der Waals surface area (Å²) in [4.78, 5) is 2.07. The van der Waals surface area contributed by atoms with Gasteiger partial charge >= 0.3 is 0 Å². The van der Waals surface area contributed by atoms with Crippen molar-refractivity contribution in [1.29, 1.82) is 10.5 Å². The van der Waals surface area contributed by atoms with E-state index < -0.39 is 0 Å². The lowest BCUT2D eigenvalue weighted by molar-refractivity contribution is 0.794. The Hall–Kier alpha value is -1.52. The van der Waals surface area contributed by atoms with Crippen molar-refractivity contribution < 1.29 is 0 Å². The topological polar surface area (TPSA) is 50.8 Å². The minimum absolute atomic E-state index is 0.464. The Morgan fingerprint density at radius 3 is 2.24 bits per heavy atom. The number of nitrogens with zero attached hydrogens (tertiary/aromatic N) is 3. The van der Waals surface area contributed by atoms with Gasteiger partial charge in [-0.25, -0.2) is 0 Å². The van der Waals surface area contributed by atoms with E-state index in [9.17, 15) is 0 Å². The predicted octanol–water partition coefficient (Wildman–Crippen LogP) is 3.39. The van der Waals surface area contributed by atoms with Gasteiger partial charge in [0.05, 0.1) is 30.7 Å². The molecule has 0 bridgehead atoms. The molecule has 0 unspecified atom stereocenters. The molecule has 88 valence electrons. The van der Waals surface area contributed by atoms with Gasteiger partial charge in [-0.2, -0.15) is 10.5 Å². The second-order valence-corrected chi connectivity index (χ2v) is 4.61. The average molecular weight is 292 g/mol. The molecule has 0 amide bonds. The van der Waals surface area contributed by atoms with Gasteiger partial charge in [0.1, 0.15) is 0 Å². The molecular weight excluding hydrogens is 278 g/mol. The van der Waals surface area contributed by atoms with E-state index in [1.54, 1.807) is 0 Å². The molecule has 1 rings (SSSR count). The first-order valence-electron chi connectivity index (χ1n) is 5.44. The standard InChI is InChI=1S/C13H14BrN3/c1-11-4-5-13(12(14)10-11)17(8-2-6-15)9-3-7-16/h4-5,10H,2-3,8-9H2,1H3. The fraction of sp³-hybridized carbons (Fsp3) is 0.385. The van der Waals surface area contributed by atoms with E-state index in [1.165, 1.54) is 5.56 Å². The zero-order chi connectivity index (χ0) is 12.7. The van der Waals surface area contributed by atoms with Crippen LogP contribution in [0.15, 0.2) is 22.7 Å². The van der Waals surface area contributed by atoms with Crippen molar-refractivity contribution in [1.82, 2.24) is 0 Å². The van der Waals surface area contributed by atoms with Crippen LogP contribution in [0, 0.1) is 29.6 Å². The Balaban J connectivity index is 2.88. The Labute approximate surface area is 110 Å². The van der Waals surface area contributed by atoms with Crippen LogP contribution in [-0.4, -0.2) is 13.1 Å². The van der Waals surface area contributed by atoms with Crippen LogP contribution in [0.1, 0.15) is 18.4 Å². The lowest BCUT2D eigenvalue weighted by Crippen LogP contribution is -2.25. The van der Waals surface area contributed by atoms with E-state index in [0.717, 1.165) is 10.2 Å². The van der Waals surface area contributed by atoms with Gasteiger partial charge < -0.3 is 4.90 Å². The normalized spacial score (nSPS) is 9.41. The molecule has 0 heterocycles. The third-order valence-corrected chi connectivity index (χ3v) is 3.07. The summed E-state index contributed by atoms with van der Waals surface area (Å²) in [5.74, 6) is 0. The quantitative estimate of drug-likeness (QED) is 0.835. The SMILES string of the molecule is Cc1ccc(N(CCC#N)CCC#N)c(Br)c1. The van der Waals surface area contributed by atoms with E-state index in [-0.39, 0.29) is 0 Å². The molecule has 0 saturated heterocycles. The average Bonchev–Trinajstić information content (AvgIpc) is 2.30. The van der Waals surface area contributed by atoms with Crippen LogP contribution in [0.4, 0.5) is 5.69 Å². The molecule has 3 nitrogen and oxygen atoms in total. The molecule has 0 spiro atoms. The van der Waals surface area contributed by atoms with Crippen LogP contribution >= 0.6 is 15.9 Å². The van der Waals surface area contributed by atoms with Gasteiger partial charge in [0.25, 0.3) is 0 Å². The zero-order valence-corrected chi connectivity index (χ0v) is 11.4. The number of nitriles is 2. The third-order valence-electron chi connectivity index (χ3n) is 2.43.